The Morgan fingerprint density at radius 3 is 2.21 bits per heavy atom. The Labute approximate surface area is 168 Å². The van der Waals surface area contributed by atoms with Crippen LogP contribution in [0.4, 0.5) is 5.69 Å². The van der Waals surface area contributed by atoms with Gasteiger partial charge >= 0.3 is 0 Å². The number of hydrogen-bond donors (Lipinski definition) is 1. The lowest BCUT2D eigenvalue weighted by Crippen LogP contribution is -2.26. The molecule has 0 heterocycles. The lowest BCUT2D eigenvalue weighted by molar-refractivity contribution is -0.116. The van der Waals surface area contributed by atoms with E-state index in [1.54, 1.807) is 19.2 Å². The number of nitrogens with zero attached hydrogens (tertiary/aromatic N) is 1. The summed E-state index contributed by atoms with van der Waals surface area (Å²) in [7, 11) is -2.02. The van der Waals surface area contributed by atoms with Crippen molar-refractivity contribution in [2.24, 2.45) is 0 Å². The van der Waals surface area contributed by atoms with Crippen LogP contribution in [0.15, 0.2) is 59.5 Å². The third-order valence-electron chi connectivity index (χ3n) is 4.60. The third kappa shape index (κ3) is 6.77. The van der Waals surface area contributed by atoms with Crippen LogP contribution in [0.3, 0.4) is 0 Å². The molecule has 2 aromatic rings. The van der Waals surface area contributed by atoms with Crippen molar-refractivity contribution in [3.05, 3.63) is 60.2 Å². The molecule has 1 amide bonds. The number of carbonyl (C=O) groups excluding carboxylic acids is 1. The largest absolute Gasteiger partial charge is 0.326 e. The lowest BCUT2D eigenvalue weighted by Gasteiger charge is -2.17. The van der Waals surface area contributed by atoms with Crippen molar-refractivity contribution in [2.45, 2.75) is 56.9 Å². The van der Waals surface area contributed by atoms with Gasteiger partial charge in [-0.15, -0.1) is 0 Å². The first-order valence-electron chi connectivity index (χ1n) is 9.83. The van der Waals surface area contributed by atoms with Gasteiger partial charge in [-0.1, -0.05) is 62.9 Å². The highest BCUT2D eigenvalue weighted by molar-refractivity contribution is 7.89. The quantitative estimate of drug-likeness (QED) is 0.549. The van der Waals surface area contributed by atoms with Gasteiger partial charge in [-0.3, -0.25) is 4.79 Å². The minimum Gasteiger partial charge on any atom is -0.326 e. The molecule has 0 bridgehead atoms. The highest BCUT2D eigenvalue weighted by atomic mass is 32.2. The maximum atomic E-state index is 12.7. The maximum absolute atomic E-state index is 12.7. The van der Waals surface area contributed by atoms with E-state index >= 15 is 0 Å². The predicted octanol–water partition coefficient (Wildman–Crippen LogP) is 4.81. The number of anilines is 1. The van der Waals surface area contributed by atoms with E-state index in [1.165, 1.54) is 29.3 Å². The zero-order chi connectivity index (χ0) is 20.4. The second kappa shape index (κ2) is 11.0. The topological polar surface area (TPSA) is 66.5 Å². The Morgan fingerprint density at radius 2 is 1.57 bits per heavy atom. The number of hydrogen-bond acceptors (Lipinski definition) is 3. The molecule has 152 valence electrons. The van der Waals surface area contributed by atoms with Crippen molar-refractivity contribution in [3.63, 3.8) is 0 Å². The number of benzene rings is 2. The molecule has 0 spiro atoms. The van der Waals surface area contributed by atoms with Crippen molar-refractivity contribution in [1.29, 1.82) is 0 Å². The van der Waals surface area contributed by atoms with Crippen molar-refractivity contribution in [3.8, 4) is 0 Å². The maximum Gasteiger partial charge on any atom is 0.243 e. The van der Waals surface area contributed by atoms with Crippen LogP contribution in [0.2, 0.25) is 0 Å². The molecule has 0 atom stereocenters. The fourth-order valence-electron chi connectivity index (χ4n) is 2.93. The second-order valence-electron chi connectivity index (χ2n) is 6.98. The fourth-order valence-corrected chi connectivity index (χ4v) is 4.09. The molecule has 0 aliphatic heterocycles. The molecule has 0 aliphatic carbocycles. The van der Waals surface area contributed by atoms with Crippen LogP contribution in [0.5, 0.6) is 0 Å². The van der Waals surface area contributed by atoms with Gasteiger partial charge in [-0.05, 0) is 36.2 Å². The van der Waals surface area contributed by atoms with E-state index in [0.29, 0.717) is 18.7 Å². The van der Waals surface area contributed by atoms with Gasteiger partial charge in [-0.25, -0.2) is 8.42 Å². The van der Waals surface area contributed by atoms with Crippen molar-refractivity contribution in [2.75, 3.05) is 12.4 Å². The monoisotopic (exact) mass is 402 g/mol. The molecule has 0 saturated heterocycles. The molecule has 2 rings (SSSR count). The third-order valence-corrected chi connectivity index (χ3v) is 6.42. The highest BCUT2D eigenvalue weighted by Crippen LogP contribution is 2.19. The Balaban J connectivity index is 1.90. The SMILES string of the molecule is CCCCCCCC(=O)Nc1ccc(S(=O)(=O)N(C)Cc2ccccc2)cc1. The Hall–Kier alpha value is -2.18. The van der Waals surface area contributed by atoms with Crippen LogP contribution >= 0.6 is 0 Å². The zero-order valence-electron chi connectivity index (χ0n) is 16.7. The van der Waals surface area contributed by atoms with Crippen LogP contribution in [0, 0.1) is 0 Å². The number of sulfonamides is 1. The van der Waals surface area contributed by atoms with Gasteiger partial charge in [0, 0.05) is 25.7 Å². The molecule has 1 N–H and O–H groups in total. The van der Waals surface area contributed by atoms with Gasteiger partial charge in [-0.2, -0.15) is 4.31 Å². The summed E-state index contributed by atoms with van der Waals surface area (Å²) in [5, 5.41) is 2.83. The van der Waals surface area contributed by atoms with E-state index in [4.69, 9.17) is 0 Å². The van der Waals surface area contributed by atoms with Crippen LogP contribution in [0.25, 0.3) is 0 Å². The van der Waals surface area contributed by atoms with Gasteiger partial charge in [0.1, 0.15) is 0 Å². The number of nitrogens with one attached hydrogen (secondary N) is 1. The average Bonchev–Trinajstić information content (AvgIpc) is 2.69. The molecule has 28 heavy (non-hydrogen) atoms. The summed E-state index contributed by atoms with van der Waals surface area (Å²) >= 11 is 0. The molecule has 0 fully saturated rings. The summed E-state index contributed by atoms with van der Waals surface area (Å²) in [4.78, 5) is 12.2. The molecule has 0 radical (unpaired) electrons. The average molecular weight is 403 g/mol. The normalized spacial score (nSPS) is 11.5. The summed E-state index contributed by atoms with van der Waals surface area (Å²) in [6.07, 6.45) is 5.98. The van der Waals surface area contributed by atoms with Gasteiger partial charge in [0.2, 0.25) is 15.9 Å². The first kappa shape index (κ1) is 22.1. The van der Waals surface area contributed by atoms with E-state index in [1.807, 2.05) is 30.3 Å². The summed E-state index contributed by atoms with van der Waals surface area (Å²) in [6, 6.07) is 15.8. The minimum atomic E-state index is -3.58. The summed E-state index contributed by atoms with van der Waals surface area (Å²) in [6.45, 7) is 2.47. The van der Waals surface area contributed by atoms with E-state index in [2.05, 4.69) is 12.2 Å². The molecule has 0 unspecified atom stereocenters. The van der Waals surface area contributed by atoms with E-state index in [0.717, 1.165) is 24.8 Å². The van der Waals surface area contributed by atoms with Crippen molar-refractivity contribution < 1.29 is 13.2 Å². The van der Waals surface area contributed by atoms with Gasteiger partial charge in [0.15, 0.2) is 0 Å². The Bertz CT molecular complexity index is 834. The van der Waals surface area contributed by atoms with E-state index in [-0.39, 0.29) is 10.8 Å². The number of unbranched alkanes of at least 4 members (excludes halogenated alkanes) is 4. The predicted molar refractivity (Wildman–Crippen MR) is 114 cm³/mol. The fraction of sp³-hybridized carbons (Fsp3) is 0.409. The molecule has 0 saturated carbocycles. The Morgan fingerprint density at radius 1 is 0.929 bits per heavy atom. The molecule has 0 aliphatic rings. The first-order valence-corrected chi connectivity index (χ1v) is 11.3. The lowest BCUT2D eigenvalue weighted by atomic mass is 10.1. The van der Waals surface area contributed by atoms with E-state index in [9.17, 15) is 13.2 Å². The molecular formula is C22H30N2O3S. The van der Waals surface area contributed by atoms with Crippen LogP contribution in [-0.2, 0) is 21.4 Å². The second-order valence-corrected chi connectivity index (χ2v) is 9.03. The van der Waals surface area contributed by atoms with Crippen LogP contribution in [0.1, 0.15) is 51.0 Å². The molecule has 2 aromatic carbocycles. The first-order chi connectivity index (χ1) is 13.4. The molecule has 0 aromatic heterocycles. The smallest absolute Gasteiger partial charge is 0.243 e. The number of amides is 1. The molecule has 5 nitrogen and oxygen atoms in total. The summed E-state index contributed by atoms with van der Waals surface area (Å²) in [5.41, 5.74) is 1.54. The number of carbonyl (C=O) groups is 1. The van der Waals surface area contributed by atoms with Crippen LogP contribution in [-0.4, -0.2) is 25.7 Å². The van der Waals surface area contributed by atoms with Crippen LogP contribution < -0.4 is 5.32 Å². The summed E-state index contributed by atoms with van der Waals surface area (Å²) in [5.74, 6) is -0.0340. The highest BCUT2D eigenvalue weighted by Gasteiger charge is 2.20. The zero-order valence-corrected chi connectivity index (χ0v) is 17.5. The molecule has 6 heteroatoms. The standard InChI is InChI=1S/C22H30N2O3S/c1-3-4-5-6-10-13-22(25)23-20-14-16-21(17-15-20)28(26,27)24(2)18-19-11-8-7-9-12-19/h7-9,11-12,14-17H,3-6,10,13,18H2,1-2H3,(H,23,25). The Kier molecular flexibility index (Phi) is 8.67. The van der Waals surface area contributed by atoms with Crippen molar-refractivity contribution >= 4 is 21.6 Å². The van der Waals surface area contributed by atoms with Gasteiger partial charge in [0.05, 0.1) is 4.90 Å². The van der Waals surface area contributed by atoms with Gasteiger partial charge in [0.25, 0.3) is 0 Å². The molecular weight excluding hydrogens is 372 g/mol. The minimum absolute atomic E-state index is 0.0340. The summed E-state index contributed by atoms with van der Waals surface area (Å²) < 4.78 is 26.8. The van der Waals surface area contributed by atoms with E-state index < -0.39 is 10.0 Å². The van der Waals surface area contributed by atoms with Gasteiger partial charge < -0.3 is 5.32 Å². The number of rotatable bonds is 11. The van der Waals surface area contributed by atoms with Crippen molar-refractivity contribution in [1.82, 2.24) is 4.31 Å².